The van der Waals surface area contributed by atoms with Crippen LogP contribution in [-0.4, -0.2) is 54.5 Å². The minimum atomic E-state index is -4.50. The van der Waals surface area contributed by atoms with E-state index in [9.17, 15) is 27.6 Å². The molecule has 0 aromatic heterocycles. The second kappa shape index (κ2) is 11.1. The fraction of sp³-hybridized carbons (Fsp3) is 0.375. The van der Waals surface area contributed by atoms with Gasteiger partial charge in [-0.25, -0.2) is 0 Å². The zero-order chi connectivity index (χ0) is 24.7. The lowest BCUT2D eigenvalue weighted by Crippen LogP contribution is -2.48. The molecular formula is C24H27F3N4O3. The summed E-state index contributed by atoms with van der Waals surface area (Å²) >= 11 is 0. The quantitative estimate of drug-likeness (QED) is 0.546. The number of para-hydroxylation sites is 1. The minimum absolute atomic E-state index is 0.180. The highest BCUT2D eigenvalue weighted by Crippen LogP contribution is 2.21. The summed E-state index contributed by atoms with van der Waals surface area (Å²) in [5.74, 6) is -1.58. The van der Waals surface area contributed by atoms with Crippen molar-refractivity contribution in [2.45, 2.75) is 38.0 Å². The van der Waals surface area contributed by atoms with Crippen LogP contribution in [0, 0.1) is 0 Å². The Bertz CT molecular complexity index is 1010. The summed E-state index contributed by atoms with van der Waals surface area (Å²) < 4.78 is 37.2. The summed E-state index contributed by atoms with van der Waals surface area (Å²) in [6.07, 6.45) is -3.54. The molecule has 1 aliphatic rings. The van der Waals surface area contributed by atoms with Gasteiger partial charge < -0.3 is 16.0 Å². The molecule has 0 bridgehead atoms. The van der Waals surface area contributed by atoms with E-state index in [2.05, 4.69) is 10.6 Å². The lowest BCUT2D eigenvalue weighted by atomic mass is 10.1. The molecule has 0 aliphatic carbocycles. The van der Waals surface area contributed by atoms with E-state index in [-0.39, 0.29) is 24.1 Å². The lowest BCUT2D eigenvalue weighted by molar-refractivity contribution is -0.141. The van der Waals surface area contributed by atoms with E-state index in [4.69, 9.17) is 0 Å². The number of nitrogens with zero attached hydrogens (tertiary/aromatic N) is 1. The number of halogens is 3. The smallest absolute Gasteiger partial charge is 0.346 e. The van der Waals surface area contributed by atoms with Gasteiger partial charge in [-0.1, -0.05) is 42.5 Å². The Kier molecular flexibility index (Phi) is 8.27. The van der Waals surface area contributed by atoms with Gasteiger partial charge in [0.2, 0.25) is 11.8 Å². The second-order valence-corrected chi connectivity index (χ2v) is 8.16. The molecule has 3 rings (SSSR count). The number of hydrogen-bond acceptors (Lipinski definition) is 4. The SMILES string of the molecule is CC(NC(=O)c1ccccc1NC(=O)CN1CCCC1C(=O)NCC(F)(F)F)c1ccccc1. The maximum Gasteiger partial charge on any atom is 0.405 e. The van der Waals surface area contributed by atoms with Crippen LogP contribution in [0.25, 0.3) is 0 Å². The van der Waals surface area contributed by atoms with Crippen LogP contribution in [-0.2, 0) is 9.59 Å². The first-order valence-electron chi connectivity index (χ1n) is 11.0. The van der Waals surface area contributed by atoms with Gasteiger partial charge in [-0.3, -0.25) is 19.3 Å². The first-order chi connectivity index (χ1) is 16.1. The molecule has 0 radical (unpaired) electrons. The van der Waals surface area contributed by atoms with E-state index in [1.807, 2.05) is 42.6 Å². The Hall–Kier alpha value is -3.40. The number of likely N-dealkylation sites (tertiary alicyclic amines) is 1. The number of hydrogen-bond donors (Lipinski definition) is 3. The number of rotatable bonds is 8. The highest BCUT2D eigenvalue weighted by molar-refractivity contribution is 6.04. The van der Waals surface area contributed by atoms with Crippen LogP contribution in [0.5, 0.6) is 0 Å². The molecule has 2 atom stereocenters. The Morgan fingerprint density at radius 3 is 2.44 bits per heavy atom. The van der Waals surface area contributed by atoms with Crippen LogP contribution in [0.4, 0.5) is 18.9 Å². The lowest BCUT2D eigenvalue weighted by Gasteiger charge is -2.23. The van der Waals surface area contributed by atoms with Crippen LogP contribution in [0.3, 0.4) is 0 Å². The molecule has 3 N–H and O–H groups in total. The zero-order valence-corrected chi connectivity index (χ0v) is 18.7. The van der Waals surface area contributed by atoms with Crippen molar-refractivity contribution in [3.63, 3.8) is 0 Å². The Morgan fingerprint density at radius 1 is 1.06 bits per heavy atom. The van der Waals surface area contributed by atoms with Crippen LogP contribution in [0.2, 0.25) is 0 Å². The van der Waals surface area contributed by atoms with E-state index in [0.29, 0.717) is 25.1 Å². The van der Waals surface area contributed by atoms with Crippen molar-refractivity contribution < 1.29 is 27.6 Å². The van der Waals surface area contributed by atoms with Crippen LogP contribution < -0.4 is 16.0 Å². The number of nitrogens with one attached hydrogen (secondary N) is 3. The normalized spacial score (nSPS) is 17.1. The standard InChI is InChI=1S/C24H27F3N4O3/c1-16(17-8-3-2-4-9-17)29-22(33)18-10-5-6-11-19(18)30-21(32)14-31-13-7-12-20(31)23(34)28-15-24(25,26)27/h2-6,8-11,16,20H,7,12-15H2,1H3,(H,28,34)(H,29,33)(H,30,32). The van der Waals surface area contributed by atoms with E-state index in [0.717, 1.165) is 5.56 Å². The topological polar surface area (TPSA) is 90.5 Å². The molecule has 182 valence electrons. The van der Waals surface area contributed by atoms with Gasteiger partial charge in [0.25, 0.3) is 5.91 Å². The Morgan fingerprint density at radius 2 is 1.74 bits per heavy atom. The maximum absolute atomic E-state index is 12.9. The van der Waals surface area contributed by atoms with Gasteiger partial charge in [0, 0.05) is 0 Å². The molecule has 1 heterocycles. The molecule has 0 saturated carbocycles. The highest BCUT2D eigenvalue weighted by atomic mass is 19.4. The summed E-state index contributed by atoms with van der Waals surface area (Å²) in [5.41, 5.74) is 1.52. The largest absolute Gasteiger partial charge is 0.405 e. The summed E-state index contributed by atoms with van der Waals surface area (Å²) in [6, 6.07) is 14.9. The van der Waals surface area contributed by atoms with Crippen molar-refractivity contribution in [3.05, 3.63) is 65.7 Å². The highest BCUT2D eigenvalue weighted by Gasteiger charge is 2.35. The molecule has 2 aromatic carbocycles. The molecule has 34 heavy (non-hydrogen) atoms. The molecule has 1 fully saturated rings. The molecule has 1 aliphatic heterocycles. The summed E-state index contributed by atoms with van der Waals surface area (Å²) in [6.45, 7) is 0.673. The number of anilines is 1. The predicted molar refractivity (Wildman–Crippen MR) is 121 cm³/mol. The summed E-state index contributed by atoms with van der Waals surface area (Å²) in [7, 11) is 0. The van der Waals surface area contributed by atoms with E-state index >= 15 is 0 Å². The van der Waals surface area contributed by atoms with E-state index in [1.165, 1.54) is 0 Å². The van der Waals surface area contributed by atoms with Gasteiger partial charge >= 0.3 is 6.18 Å². The van der Waals surface area contributed by atoms with E-state index in [1.54, 1.807) is 29.2 Å². The third-order valence-electron chi connectivity index (χ3n) is 5.57. The van der Waals surface area contributed by atoms with Gasteiger partial charge in [-0.2, -0.15) is 13.2 Å². The van der Waals surface area contributed by atoms with Crippen LogP contribution in [0.15, 0.2) is 54.6 Å². The average molecular weight is 476 g/mol. The second-order valence-electron chi connectivity index (χ2n) is 8.16. The fourth-order valence-electron chi connectivity index (χ4n) is 3.88. The van der Waals surface area contributed by atoms with Crippen molar-refractivity contribution in [1.29, 1.82) is 0 Å². The number of carbonyl (C=O) groups excluding carboxylic acids is 3. The summed E-state index contributed by atoms with van der Waals surface area (Å²) in [5, 5.41) is 7.48. The van der Waals surface area contributed by atoms with Gasteiger partial charge in [-0.05, 0) is 44.0 Å². The first-order valence-corrected chi connectivity index (χ1v) is 11.0. The zero-order valence-electron chi connectivity index (χ0n) is 18.7. The number of amides is 3. The Balaban J connectivity index is 1.61. The predicted octanol–water partition coefficient (Wildman–Crippen LogP) is 3.26. The van der Waals surface area contributed by atoms with Gasteiger partial charge in [-0.15, -0.1) is 0 Å². The molecule has 7 nitrogen and oxygen atoms in total. The molecule has 10 heteroatoms. The van der Waals surface area contributed by atoms with Crippen molar-refractivity contribution in [2.75, 3.05) is 25.0 Å². The monoisotopic (exact) mass is 476 g/mol. The van der Waals surface area contributed by atoms with Crippen molar-refractivity contribution >= 4 is 23.4 Å². The summed E-state index contributed by atoms with van der Waals surface area (Å²) in [4.78, 5) is 39.2. The molecule has 2 aromatic rings. The first kappa shape index (κ1) is 25.2. The minimum Gasteiger partial charge on any atom is -0.346 e. The van der Waals surface area contributed by atoms with Crippen molar-refractivity contribution in [1.82, 2.24) is 15.5 Å². The third-order valence-corrected chi connectivity index (χ3v) is 5.57. The molecule has 0 spiro atoms. The van der Waals surface area contributed by atoms with Crippen molar-refractivity contribution in [3.8, 4) is 0 Å². The fourth-order valence-corrected chi connectivity index (χ4v) is 3.88. The van der Waals surface area contributed by atoms with Crippen LogP contribution in [0.1, 0.15) is 41.7 Å². The number of benzene rings is 2. The molecule has 1 saturated heterocycles. The molecule has 2 unspecified atom stereocenters. The molecule has 3 amide bonds. The van der Waals surface area contributed by atoms with Gasteiger partial charge in [0.05, 0.1) is 29.9 Å². The van der Waals surface area contributed by atoms with E-state index < -0.39 is 30.6 Å². The third kappa shape index (κ3) is 7.05. The number of carbonyl (C=O) groups is 3. The van der Waals surface area contributed by atoms with Gasteiger partial charge in [0.15, 0.2) is 0 Å². The average Bonchev–Trinajstić information content (AvgIpc) is 3.25. The Labute approximate surface area is 195 Å². The van der Waals surface area contributed by atoms with Gasteiger partial charge in [0.1, 0.15) is 6.54 Å². The van der Waals surface area contributed by atoms with Crippen LogP contribution >= 0.6 is 0 Å². The van der Waals surface area contributed by atoms with Crippen molar-refractivity contribution in [2.24, 2.45) is 0 Å². The maximum atomic E-state index is 12.9. The molecular weight excluding hydrogens is 449 g/mol. The number of alkyl halides is 3.